The molecule has 9 rings (SSSR count). The molecule has 0 aromatic heterocycles. The van der Waals surface area contributed by atoms with Gasteiger partial charge in [-0.1, -0.05) is 94.4 Å². The molecule has 7 aromatic carbocycles. The highest BCUT2D eigenvalue weighted by molar-refractivity contribution is 5.92. The molecule has 0 fully saturated rings. The SMILES string of the molecule is Cc1cccc(N(c2ccccc2)c2ccc3c(c2)C(C)(C)c2cc4c(cc2-3)C(C)(C)c2cc(N(c3ccccc3)c3cccc(N)c3)ccc2-4)c1. The van der Waals surface area contributed by atoms with Crippen molar-refractivity contribution in [3.05, 3.63) is 186 Å². The fraction of sp³-hybridized carbons (Fsp3) is 0.143. The number of nitrogen functional groups attached to an aromatic ring is 1. The van der Waals surface area contributed by atoms with Gasteiger partial charge in [-0.3, -0.25) is 0 Å². The maximum atomic E-state index is 6.30. The van der Waals surface area contributed by atoms with E-state index in [4.69, 9.17) is 5.73 Å². The van der Waals surface area contributed by atoms with Gasteiger partial charge in [-0.25, -0.2) is 0 Å². The third kappa shape index (κ3) is 4.95. The Bertz CT molecular complexity index is 2320. The molecular formula is C49H43N3. The van der Waals surface area contributed by atoms with Gasteiger partial charge in [0.1, 0.15) is 0 Å². The molecule has 0 spiro atoms. The summed E-state index contributed by atoms with van der Waals surface area (Å²) in [6.07, 6.45) is 0. The van der Waals surface area contributed by atoms with Crippen molar-refractivity contribution in [2.24, 2.45) is 0 Å². The molecule has 0 radical (unpaired) electrons. The van der Waals surface area contributed by atoms with Gasteiger partial charge in [0.25, 0.3) is 0 Å². The number of aryl methyl sites for hydroxylation is 1. The van der Waals surface area contributed by atoms with Crippen LogP contribution in [0.2, 0.25) is 0 Å². The van der Waals surface area contributed by atoms with Crippen molar-refractivity contribution < 1.29 is 0 Å². The van der Waals surface area contributed by atoms with Crippen molar-refractivity contribution >= 4 is 39.8 Å². The molecule has 2 aliphatic rings. The lowest BCUT2D eigenvalue weighted by Crippen LogP contribution is -2.18. The van der Waals surface area contributed by atoms with Crippen LogP contribution in [0.25, 0.3) is 22.3 Å². The van der Waals surface area contributed by atoms with E-state index in [0.29, 0.717) is 0 Å². The van der Waals surface area contributed by atoms with Crippen LogP contribution >= 0.6 is 0 Å². The quantitative estimate of drug-likeness (QED) is 0.178. The van der Waals surface area contributed by atoms with E-state index in [1.165, 1.54) is 55.8 Å². The van der Waals surface area contributed by atoms with Crippen LogP contribution in [0.1, 0.15) is 55.5 Å². The second kappa shape index (κ2) is 11.7. The van der Waals surface area contributed by atoms with E-state index in [9.17, 15) is 0 Å². The van der Waals surface area contributed by atoms with E-state index < -0.39 is 0 Å². The van der Waals surface area contributed by atoms with Gasteiger partial charge in [-0.05, 0) is 148 Å². The van der Waals surface area contributed by atoms with E-state index in [-0.39, 0.29) is 10.8 Å². The topological polar surface area (TPSA) is 32.5 Å². The molecule has 7 aromatic rings. The van der Waals surface area contributed by atoms with E-state index in [2.05, 4.69) is 190 Å². The van der Waals surface area contributed by atoms with E-state index in [1.54, 1.807) is 0 Å². The average molecular weight is 674 g/mol. The zero-order chi connectivity index (χ0) is 35.8. The van der Waals surface area contributed by atoms with E-state index >= 15 is 0 Å². The second-order valence-electron chi connectivity index (χ2n) is 15.4. The summed E-state index contributed by atoms with van der Waals surface area (Å²) in [4.78, 5) is 4.69. The lowest BCUT2D eigenvalue weighted by atomic mass is 9.79. The molecule has 3 nitrogen and oxygen atoms in total. The van der Waals surface area contributed by atoms with Crippen LogP contribution < -0.4 is 15.5 Å². The fourth-order valence-corrected chi connectivity index (χ4v) is 8.70. The van der Waals surface area contributed by atoms with Gasteiger partial charge in [0.2, 0.25) is 0 Å². The minimum atomic E-state index is -0.185. The van der Waals surface area contributed by atoms with Crippen molar-refractivity contribution in [1.29, 1.82) is 0 Å². The number of hydrogen-bond donors (Lipinski definition) is 1. The first-order valence-corrected chi connectivity index (χ1v) is 18.2. The summed E-state index contributed by atoms with van der Waals surface area (Å²) >= 11 is 0. The Labute approximate surface area is 307 Å². The van der Waals surface area contributed by atoms with E-state index in [0.717, 1.165) is 34.1 Å². The summed E-state index contributed by atoms with van der Waals surface area (Å²) in [5.74, 6) is 0. The van der Waals surface area contributed by atoms with Crippen molar-refractivity contribution in [2.75, 3.05) is 15.5 Å². The molecule has 0 amide bonds. The Hall–Kier alpha value is -6.06. The fourth-order valence-electron chi connectivity index (χ4n) is 8.70. The Morgan fingerprint density at radius 1 is 0.365 bits per heavy atom. The Morgan fingerprint density at radius 3 is 1.23 bits per heavy atom. The lowest BCUT2D eigenvalue weighted by Gasteiger charge is -2.28. The van der Waals surface area contributed by atoms with Crippen molar-refractivity contribution in [2.45, 2.75) is 45.4 Å². The summed E-state index contributed by atoms with van der Waals surface area (Å²) in [5.41, 5.74) is 25.5. The summed E-state index contributed by atoms with van der Waals surface area (Å²) in [5, 5.41) is 0. The number of anilines is 7. The number of fused-ring (bicyclic) bond motifs is 6. The molecule has 0 heterocycles. The highest BCUT2D eigenvalue weighted by atomic mass is 15.1. The van der Waals surface area contributed by atoms with Crippen LogP contribution in [0, 0.1) is 6.92 Å². The van der Waals surface area contributed by atoms with Gasteiger partial charge in [-0.15, -0.1) is 0 Å². The molecule has 0 aliphatic heterocycles. The standard InChI is InChI=1S/C49H43N3/c1-32-14-12-20-36(26-32)51(34-16-8-6-9-17-34)38-22-24-40-42-30-47-43(31-46(42)48(2,3)44(40)28-38)41-25-23-39(29-45(41)49(47,4)5)52(35-18-10-7-11-19-35)37-21-13-15-33(50)27-37/h6-31H,50H2,1-5H3. The van der Waals surface area contributed by atoms with Gasteiger partial charge in [-0.2, -0.15) is 0 Å². The lowest BCUT2D eigenvalue weighted by molar-refractivity contribution is 0.652. The number of benzene rings is 7. The van der Waals surface area contributed by atoms with Gasteiger partial charge < -0.3 is 15.5 Å². The Balaban J connectivity index is 1.15. The molecule has 52 heavy (non-hydrogen) atoms. The number of nitrogens with two attached hydrogens (primary N) is 1. The van der Waals surface area contributed by atoms with Gasteiger partial charge >= 0.3 is 0 Å². The normalized spacial score (nSPS) is 14.2. The zero-order valence-corrected chi connectivity index (χ0v) is 30.5. The predicted molar refractivity (Wildman–Crippen MR) is 220 cm³/mol. The number of rotatable bonds is 6. The second-order valence-corrected chi connectivity index (χ2v) is 15.4. The first-order valence-electron chi connectivity index (χ1n) is 18.2. The zero-order valence-electron chi connectivity index (χ0n) is 30.5. The van der Waals surface area contributed by atoms with Gasteiger partial charge in [0.05, 0.1) is 0 Å². The van der Waals surface area contributed by atoms with Crippen LogP contribution in [0.15, 0.2) is 158 Å². The summed E-state index contributed by atoms with van der Waals surface area (Å²) < 4.78 is 0. The molecule has 0 saturated carbocycles. The first kappa shape index (κ1) is 31.9. The minimum Gasteiger partial charge on any atom is -0.399 e. The van der Waals surface area contributed by atoms with Crippen LogP contribution in [0.5, 0.6) is 0 Å². The molecule has 2 N–H and O–H groups in total. The van der Waals surface area contributed by atoms with Crippen molar-refractivity contribution in [3.8, 4) is 22.3 Å². The predicted octanol–water partition coefficient (Wildman–Crippen LogP) is 13.1. The molecule has 2 aliphatic carbocycles. The Kier molecular flexibility index (Phi) is 7.20. The molecule has 0 saturated heterocycles. The van der Waals surface area contributed by atoms with Crippen LogP contribution in [-0.4, -0.2) is 0 Å². The maximum Gasteiger partial charge on any atom is 0.0482 e. The highest BCUT2D eigenvalue weighted by Crippen LogP contribution is 2.57. The first-order chi connectivity index (χ1) is 25.1. The number of hydrogen-bond acceptors (Lipinski definition) is 3. The third-order valence-corrected chi connectivity index (χ3v) is 11.4. The van der Waals surface area contributed by atoms with Crippen molar-refractivity contribution in [1.82, 2.24) is 0 Å². The molecular weight excluding hydrogens is 631 g/mol. The van der Waals surface area contributed by atoms with Gasteiger partial charge in [0.15, 0.2) is 0 Å². The van der Waals surface area contributed by atoms with Crippen LogP contribution in [0.4, 0.5) is 39.8 Å². The molecule has 0 unspecified atom stereocenters. The molecule has 3 heteroatoms. The van der Waals surface area contributed by atoms with Crippen LogP contribution in [0.3, 0.4) is 0 Å². The Morgan fingerprint density at radius 2 is 0.769 bits per heavy atom. The maximum absolute atomic E-state index is 6.30. The smallest absolute Gasteiger partial charge is 0.0482 e. The third-order valence-electron chi connectivity index (χ3n) is 11.4. The minimum absolute atomic E-state index is 0.172. The average Bonchev–Trinajstić information content (AvgIpc) is 3.50. The summed E-state index contributed by atoms with van der Waals surface area (Å²) in [6, 6.07) is 57.3. The molecule has 0 bridgehead atoms. The number of nitrogens with zero attached hydrogens (tertiary/aromatic N) is 2. The molecule has 254 valence electrons. The summed E-state index contributed by atoms with van der Waals surface area (Å²) in [6.45, 7) is 11.7. The number of para-hydroxylation sites is 2. The molecule has 0 atom stereocenters. The van der Waals surface area contributed by atoms with Crippen LogP contribution in [-0.2, 0) is 10.8 Å². The monoisotopic (exact) mass is 673 g/mol. The van der Waals surface area contributed by atoms with Crippen molar-refractivity contribution in [3.63, 3.8) is 0 Å². The van der Waals surface area contributed by atoms with Gasteiger partial charge in [0, 0.05) is 50.6 Å². The van der Waals surface area contributed by atoms with E-state index in [1.807, 2.05) is 12.1 Å². The highest BCUT2D eigenvalue weighted by Gasteiger charge is 2.42. The largest absolute Gasteiger partial charge is 0.399 e. The summed E-state index contributed by atoms with van der Waals surface area (Å²) in [7, 11) is 0.